The largest absolute Gasteiger partial charge is 0.317 e. The lowest BCUT2D eigenvalue weighted by atomic mass is 9.77. The van der Waals surface area contributed by atoms with Crippen molar-refractivity contribution >= 4 is 0 Å². The lowest BCUT2D eigenvalue weighted by Crippen LogP contribution is -2.34. The summed E-state index contributed by atoms with van der Waals surface area (Å²) in [6.07, 6.45) is 6.96. The van der Waals surface area contributed by atoms with Crippen molar-refractivity contribution in [3.05, 3.63) is 0 Å². The maximum atomic E-state index is 3.42. The standard InChI is InChI=1S/C10H21N/c1-3-4-5-10(2)6-8-11-9-7-10/h11H,3-9H2,1-2H3. The zero-order valence-electron chi connectivity index (χ0n) is 7.95. The molecule has 0 amide bonds. The van der Waals surface area contributed by atoms with Gasteiger partial charge in [0, 0.05) is 0 Å². The molecule has 1 fully saturated rings. The molecule has 1 rings (SSSR count). The second kappa shape index (κ2) is 4.10. The molecule has 1 nitrogen and oxygen atoms in total. The number of hydrogen-bond donors (Lipinski definition) is 1. The topological polar surface area (TPSA) is 12.0 Å². The molecule has 0 saturated carbocycles. The molecule has 0 aromatic rings. The van der Waals surface area contributed by atoms with Crippen molar-refractivity contribution in [1.29, 1.82) is 0 Å². The lowest BCUT2D eigenvalue weighted by Gasteiger charge is -2.34. The molecule has 0 bridgehead atoms. The molecule has 0 atom stereocenters. The third-order valence-electron chi connectivity index (χ3n) is 2.94. The molecule has 0 radical (unpaired) electrons. The highest BCUT2D eigenvalue weighted by molar-refractivity contribution is 4.79. The lowest BCUT2D eigenvalue weighted by molar-refractivity contribution is 0.206. The summed E-state index contributed by atoms with van der Waals surface area (Å²) in [6.45, 7) is 7.20. The van der Waals surface area contributed by atoms with Gasteiger partial charge in [-0.15, -0.1) is 0 Å². The maximum absolute atomic E-state index is 3.42. The Kier molecular flexibility index (Phi) is 3.38. The van der Waals surface area contributed by atoms with Crippen molar-refractivity contribution in [2.75, 3.05) is 13.1 Å². The van der Waals surface area contributed by atoms with Gasteiger partial charge in [-0.3, -0.25) is 0 Å². The van der Waals surface area contributed by atoms with Gasteiger partial charge < -0.3 is 5.32 Å². The first-order chi connectivity index (χ1) is 5.27. The summed E-state index contributed by atoms with van der Waals surface area (Å²) in [7, 11) is 0. The van der Waals surface area contributed by atoms with Crippen molar-refractivity contribution in [1.82, 2.24) is 5.32 Å². The van der Waals surface area contributed by atoms with Gasteiger partial charge in [0.25, 0.3) is 0 Å². The zero-order chi connectivity index (χ0) is 8.16. The number of rotatable bonds is 3. The van der Waals surface area contributed by atoms with Crippen LogP contribution in [0.3, 0.4) is 0 Å². The quantitative estimate of drug-likeness (QED) is 0.660. The SMILES string of the molecule is CCCCC1(C)CCNCC1. The molecule has 1 heterocycles. The first kappa shape index (κ1) is 9.05. The van der Waals surface area contributed by atoms with Crippen LogP contribution in [0.5, 0.6) is 0 Å². The van der Waals surface area contributed by atoms with E-state index in [0.717, 1.165) is 0 Å². The summed E-state index contributed by atoms with van der Waals surface area (Å²) in [5, 5.41) is 3.42. The van der Waals surface area contributed by atoms with E-state index >= 15 is 0 Å². The van der Waals surface area contributed by atoms with Crippen LogP contribution in [0.4, 0.5) is 0 Å². The third-order valence-corrected chi connectivity index (χ3v) is 2.94. The summed E-state index contributed by atoms with van der Waals surface area (Å²) in [5.74, 6) is 0. The molecular weight excluding hydrogens is 134 g/mol. The molecule has 0 spiro atoms. The Morgan fingerprint density at radius 3 is 2.45 bits per heavy atom. The minimum absolute atomic E-state index is 0.668. The van der Waals surface area contributed by atoms with Crippen molar-refractivity contribution < 1.29 is 0 Å². The first-order valence-corrected chi connectivity index (χ1v) is 4.97. The Hall–Kier alpha value is -0.0400. The summed E-state index contributed by atoms with van der Waals surface area (Å²) in [5.41, 5.74) is 0.668. The van der Waals surface area contributed by atoms with Crippen LogP contribution in [0, 0.1) is 5.41 Å². The van der Waals surface area contributed by atoms with Crippen LogP contribution in [0.15, 0.2) is 0 Å². The van der Waals surface area contributed by atoms with Crippen molar-refractivity contribution in [2.24, 2.45) is 5.41 Å². The van der Waals surface area contributed by atoms with Crippen LogP contribution in [-0.4, -0.2) is 13.1 Å². The minimum Gasteiger partial charge on any atom is -0.317 e. The fraction of sp³-hybridized carbons (Fsp3) is 1.00. The monoisotopic (exact) mass is 155 g/mol. The van der Waals surface area contributed by atoms with Gasteiger partial charge in [0.2, 0.25) is 0 Å². The number of nitrogens with one attached hydrogen (secondary N) is 1. The molecule has 1 aliphatic rings. The molecule has 0 aromatic heterocycles. The van der Waals surface area contributed by atoms with Crippen LogP contribution in [-0.2, 0) is 0 Å². The maximum Gasteiger partial charge on any atom is -0.00437 e. The van der Waals surface area contributed by atoms with E-state index in [2.05, 4.69) is 19.2 Å². The summed E-state index contributed by atoms with van der Waals surface area (Å²) >= 11 is 0. The van der Waals surface area contributed by atoms with Crippen molar-refractivity contribution in [3.8, 4) is 0 Å². The molecule has 0 aliphatic carbocycles. The number of unbranched alkanes of at least 4 members (excludes halogenated alkanes) is 1. The molecule has 1 N–H and O–H groups in total. The van der Waals surface area contributed by atoms with E-state index in [-0.39, 0.29) is 0 Å². The Bertz CT molecular complexity index is 103. The molecule has 11 heavy (non-hydrogen) atoms. The fourth-order valence-electron chi connectivity index (χ4n) is 1.88. The Labute approximate surface area is 70.6 Å². The number of piperidine rings is 1. The molecule has 0 aromatic carbocycles. The molecule has 1 aliphatic heterocycles. The van der Waals surface area contributed by atoms with Crippen LogP contribution >= 0.6 is 0 Å². The van der Waals surface area contributed by atoms with E-state index in [1.807, 2.05) is 0 Å². The summed E-state index contributed by atoms with van der Waals surface area (Å²) in [4.78, 5) is 0. The van der Waals surface area contributed by atoms with Crippen LogP contribution in [0.25, 0.3) is 0 Å². The van der Waals surface area contributed by atoms with Gasteiger partial charge in [0.1, 0.15) is 0 Å². The highest BCUT2D eigenvalue weighted by atomic mass is 14.9. The van der Waals surface area contributed by atoms with Crippen LogP contribution in [0.2, 0.25) is 0 Å². The van der Waals surface area contributed by atoms with Gasteiger partial charge in [-0.1, -0.05) is 26.7 Å². The average Bonchev–Trinajstić information content (AvgIpc) is 2.03. The summed E-state index contributed by atoms with van der Waals surface area (Å²) < 4.78 is 0. The van der Waals surface area contributed by atoms with Crippen molar-refractivity contribution in [3.63, 3.8) is 0 Å². The van der Waals surface area contributed by atoms with Crippen LogP contribution in [0.1, 0.15) is 46.0 Å². The second-order valence-corrected chi connectivity index (χ2v) is 4.16. The predicted molar refractivity (Wildman–Crippen MR) is 49.7 cm³/mol. The fourth-order valence-corrected chi connectivity index (χ4v) is 1.88. The number of hydrogen-bond acceptors (Lipinski definition) is 1. The molecule has 1 saturated heterocycles. The van der Waals surface area contributed by atoms with Gasteiger partial charge in [0.15, 0.2) is 0 Å². The van der Waals surface area contributed by atoms with Gasteiger partial charge in [-0.25, -0.2) is 0 Å². The zero-order valence-corrected chi connectivity index (χ0v) is 7.95. The molecule has 0 unspecified atom stereocenters. The van der Waals surface area contributed by atoms with Gasteiger partial charge >= 0.3 is 0 Å². The van der Waals surface area contributed by atoms with Gasteiger partial charge in [-0.2, -0.15) is 0 Å². The van der Waals surface area contributed by atoms with E-state index < -0.39 is 0 Å². The van der Waals surface area contributed by atoms with Crippen molar-refractivity contribution in [2.45, 2.75) is 46.0 Å². The Morgan fingerprint density at radius 1 is 1.27 bits per heavy atom. The third kappa shape index (κ3) is 2.82. The van der Waals surface area contributed by atoms with Gasteiger partial charge in [0.05, 0.1) is 0 Å². The Balaban J connectivity index is 2.25. The van der Waals surface area contributed by atoms with Crippen LogP contribution < -0.4 is 5.32 Å². The van der Waals surface area contributed by atoms with E-state index in [0.29, 0.717) is 5.41 Å². The smallest absolute Gasteiger partial charge is 0.00437 e. The molecule has 1 heteroatoms. The second-order valence-electron chi connectivity index (χ2n) is 4.16. The molecular formula is C10H21N. The first-order valence-electron chi connectivity index (χ1n) is 4.97. The van der Waals surface area contributed by atoms with E-state index in [9.17, 15) is 0 Å². The predicted octanol–water partition coefficient (Wildman–Crippen LogP) is 2.57. The average molecular weight is 155 g/mol. The normalized spacial score (nSPS) is 23.5. The minimum atomic E-state index is 0.668. The van der Waals surface area contributed by atoms with Gasteiger partial charge in [-0.05, 0) is 37.8 Å². The Morgan fingerprint density at radius 2 is 1.91 bits per heavy atom. The highest BCUT2D eigenvalue weighted by Gasteiger charge is 2.25. The highest BCUT2D eigenvalue weighted by Crippen LogP contribution is 2.33. The van der Waals surface area contributed by atoms with E-state index in [4.69, 9.17) is 0 Å². The molecule has 66 valence electrons. The summed E-state index contributed by atoms with van der Waals surface area (Å²) in [6, 6.07) is 0. The van der Waals surface area contributed by atoms with E-state index in [1.165, 1.54) is 45.2 Å². The van der Waals surface area contributed by atoms with E-state index in [1.54, 1.807) is 0 Å².